The van der Waals surface area contributed by atoms with Crippen molar-refractivity contribution in [3.8, 4) is 0 Å². The lowest BCUT2D eigenvalue weighted by atomic mass is 10.1. The Morgan fingerprint density at radius 2 is 1.77 bits per heavy atom. The van der Waals surface area contributed by atoms with E-state index in [4.69, 9.17) is 12.2 Å². The first-order valence-electron chi connectivity index (χ1n) is 7.88. The lowest BCUT2D eigenvalue weighted by molar-refractivity contribution is -0.121. The van der Waals surface area contributed by atoms with Gasteiger partial charge in [0.25, 0.3) is 0 Å². The van der Waals surface area contributed by atoms with Crippen LogP contribution in [0.25, 0.3) is 0 Å². The average molecular weight is 394 g/mol. The van der Waals surface area contributed by atoms with Gasteiger partial charge >= 0.3 is 0 Å². The van der Waals surface area contributed by atoms with Crippen LogP contribution in [0, 0.1) is 19.7 Å². The number of carbonyl (C=O) groups excluding carboxylic acids is 1. The molecular formula is C17H20FN5OS2. The predicted molar refractivity (Wildman–Crippen MR) is 106 cm³/mol. The quantitative estimate of drug-likeness (QED) is 0.312. The summed E-state index contributed by atoms with van der Waals surface area (Å²) in [4.78, 5) is 20.8. The lowest BCUT2D eigenvalue weighted by Crippen LogP contribution is -2.43. The number of thioether (sulfide) groups is 1. The number of rotatable bonds is 5. The van der Waals surface area contributed by atoms with Crippen molar-refractivity contribution in [2.45, 2.75) is 31.8 Å². The van der Waals surface area contributed by atoms with Crippen molar-refractivity contribution in [1.29, 1.82) is 0 Å². The van der Waals surface area contributed by atoms with E-state index in [1.54, 1.807) is 12.1 Å². The number of hydrogen-bond donors (Lipinski definition) is 3. The highest BCUT2D eigenvalue weighted by Crippen LogP contribution is 2.17. The van der Waals surface area contributed by atoms with Gasteiger partial charge in [0.05, 0.1) is 0 Å². The van der Waals surface area contributed by atoms with Crippen LogP contribution in [0.1, 0.15) is 23.4 Å². The number of aromatic nitrogens is 2. The summed E-state index contributed by atoms with van der Waals surface area (Å²) in [5.74, 6) is -0.538. The van der Waals surface area contributed by atoms with E-state index in [0.29, 0.717) is 12.1 Å². The van der Waals surface area contributed by atoms with Crippen LogP contribution in [0.15, 0.2) is 29.4 Å². The fourth-order valence-corrected chi connectivity index (χ4v) is 2.91. The van der Waals surface area contributed by atoms with E-state index in [2.05, 4.69) is 26.1 Å². The molecule has 1 aromatic heterocycles. The van der Waals surface area contributed by atoms with Crippen LogP contribution in [0.5, 0.6) is 0 Å². The van der Waals surface area contributed by atoms with Crippen LogP contribution in [-0.2, 0) is 11.2 Å². The summed E-state index contributed by atoms with van der Waals surface area (Å²) < 4.78 is 12.9. The number of nitrogens with zero attached hydrogens (tertiary/aromatic N) is 2. The van der Waals surface area contributed by atoms with Crippen molar-refractivity contribution in [2.75, 3.05) is 11.6 Å². The molecule has 2 aromatic rings. The molecule has 1 amide bonds. The van der Waals surface area contributed by atoms with Crippen LogP contribution >= 0.6 is 24.0 Å². The highest BCUT2D eigenvalue weighted by Gasteiger charge is 2.10. The molecule has 0 unspecified atom stereocenters. The third-order valence-electron chi connectivity index (χ3n) is 3.60. The first-order valence-corrected chi connectivity index (χ1v) is 9.52. The van der Waals surface area contributed by atoms with Crippen LogP contribution in [0.4, 0.5) is 10.1 Å². The predicted octanol–water partition coefficient (Wildman–Crippen LogP) is 2.90. The molecule has 1 aromatic carbocycles. The van der Waals surface area contributed by atoms with Gasteiger partial charge in [-0.15, -0.1) is 0 Å². The average Bonchev–Trinajstić information content (AvgIpc) is 2.61. The molecule has 3 N–H and O–H groups in total. The molecule has 0 bridgehead atoms. The molecule has 2 rings (SSSR count). The summed E-state index contributed by atoms with van der Waals surface area (Å²) in [6, 6.07) is 5.74. The molecule has 0 fully saturated rings. The Balaban J connectivity index is 1.80. The highest BCUT2D eigenvalue weighted by molar-refractivity contribution is 7.98. The third-order valence-corrected chi connectivity index (χ3v) is 4.35. The van der Waals surface area contributed by atoms with Gasteiger partial charge in [-0.2, -0.15) is 0 Å². The monoisotopic (exact) mass is 393 g/mol. The van der Waals surface area contributed by atoms with E-state index >= 15 is 0 Å². The molecule has 0 saturated carbocycles. The number of anilines is 1. The molecule has 0 saturated heterocycles. The second-order valence-corrected chi connectivity index (χ2v) is 6.68. The van der Waals surface area contributed by atoms with Crippen molar-refractivity contribution in [3.05, 3.63) is 47.0 Å². The fourth-order valence-electron chi connectivity index (χ4n) is 2.28. The Morgan fingerprint density at radius 3 is 2.35 bits per heavy atom. The minimum Gasteiger partial charge on any atom is -0.331 e. The van der Waals surface area contributed by atoms with Crippen molar-refractivity contribution in [2.24, 2.45) is 0 Å². The van der Waals surface area contributed by atoms with Gasteiger partial charge in [-0.1, -0.05) is 11.8 Å². The zero-order valence-corrected chi connectivity index (χ0v) is 16.4. The van der Waals surface area contributed by atoms with Crippen LogP contribution in [0.2, 0.25) is 0 Å². The van der Waals surface area contributed by atoms with Gasteiger partial charge in [-0.3, -0.25) is 15.6 Å². The second kappa shape index (κ2) is 9.44. The molecule has 0 aliphatic carbocycles. The van der Waals surface area contributed by atoms with E-state index in [9.17, 15) is 9.18 Å². The number of hydrogen-bond acceptors (Lipinski definition) is 5. The normalized spacial score (nSPS) is 10.3. The minimum absolute atomic E-state index is 0.207. The van der Waals surface area contributed by atoms with E-state index in [-0.39, 0.29) is 23.3 Å². The topological polar surface area (TPSA) is 78.9 Å². The zero-order valence-electron chi connectivity index (χ0n) is 14.7. The molecule has 0 spiro atoms. The summed E-state index contributed by atoms with van der Waals surface area (Å²) in [5.41, 5.74) is 8.52. The smallest absolute Gasteiger partial charge is 0.238 e. The van der Waals surface area contributed by atoms with Crippen molar-refractivity contribution in [3.63, 3.8) is 0 Å². The maximum atomic E-state index is 12.9. The molecule has 26 heavy (non-hydrogen) atoms. The number of halogens is 1. The summed E-state index contributed by atoms with van der Waals surface area (Å²) in [5, 5.41) is 3.79. The molecule has 6 nitrogen and oxygen atoms in total. The Hall–Kier alpha value is -2.26. The fraction of sp³-hybridized carbons (Fsp3) is 0.294. The SMILES string of the molecule is CSc1nc(C)c(CCC(=O)NNC(=S)Nc2ccc(F)cc2)c(C)n1. The first kappa shape index (κ1) is 20.1. The largest absolute Gasteiger partial charge is 0.331 e. The number of nitrogens with one attached hydrogen (secondary N) is 3. The Labute approximate surface area is 161 Å². The van der Waals surface area contributed by atoms with E-state index in [0.717, 1.165) is 22.1 Å². The van der Waals surface area contributed by atoms with Crippen molar-refractivity contribution >= 4 is 40.7 Å². The van der Waals surface area contributed by atoms with Gasteiger partial charge in [0.1, 0.15) is 5.82 Å². The number of benzene rings is 1. The summed E-state index contributed by atoms with van der Waals surface area (Å²) >= 11 is 6.57. The number of thiocarbonyl (C=S) groups is 1. The lowest BCUT2D eigenvalue weighted by Gasteiger charge is -2.13. The maximum absolute atomic E-state index is 12.9. The highest BCUT2D eigenvalue weighted by atomic mass is 32.2. The molecule has 0 aliphatic heterocycles. The molecule has 1 heterocycles. The Bertz CT molecular complexity index is 775. The minimum atomic E-state index is -0.331. The van der Waals surface area contributed by atoms with Crippen LogP contribution < -0.4 is 16.2 Å². The van der Waals surface area contributed by atoms with Crippen LogP contribution in [0.3, 0.4) is 0 Å². The molecule has 0 atom stereocenters. The zero-order chi connectivity index (χ0) is 19.1. The van der Waals surface area contributed by atoms with Crippen molar-refractivity contribution in [1.82, 2.24) is 20.8 Å². The molecular weight excluding hydrogens is 373 g/mol. The summed E-state index contributed by atoms with van der Waals surface area (Å²) in [7, 11) is 0. The third kappa shape index (κ3) is 5.92. The second-order valence-electron chi connectivity index (χ2n) is 5.49. The molecule has 0 radical (unpaired) electrons. The van der Waals surface area contributed by atoms with Gasteiger partial charge in [0.2, 0.25) is 5.91 Å². The Morgan fingerprint density at radius 1 is 1.15 bits per heavy atom. The molecule has 0 aliphatic rings. The standard InChI is InChI=1S/C17H20FN5OS2/c1-10-14(11(2)20-17(19-10)26-3)8-9-15(24)22-23-16(25)21-13-6-4-12(18)5-7-13/h4-7H,8-9H2,1-3H3,(H,22,24)(H2,21,23,25). The first-order chi connectivity index (χ1) is 12.4. The summed E-state index contributed by atoms with van der Waals surface area (Å²) in [6.45, 7) is 3.84. The van der Waals surface area contributed by atoms with Gasteiger partial charge in [-0.25, -0.2) is 14.4 Å². The van der Waals surface area contributed by atoms with Crippen LogP contribution in [-0.4, -0.2) is 27.2 Å². The van der Waals surface area contributed by atoms with E-state index < -0.39 is 0 Å². The van der Waals surface area contributed by atoms with Gasteiger partial charge in [-0.05, 0) is 68.6 Å². The number of aryl methyl sites for hydroxylation is 2. The van der Waals surface area contributed by atoms with Gasteiger partial charge in [0.15, 0.2) is 10.3 Å². The van der Waals surface area contributed by atoms with Crippen molar-refractivity contribution < 1.29 is 9.18 Å². The Kier molecular flexibility index (Phi) is 7.28. The number of carbonyl (C=O) groups is 1. The van der Waals surface area contributed by atoms with Gasteiger partial charge < -0.3 is 5.32 Å². The van der Waals surface area contributed by atoms with E-state index in [1.165, 1.54) is 23.9 Å². The summed E-state index contributed by atoms with van der Waals surface area (Å²) in [6.07, 6.45) is 2.74. The van der Waals surface area contributed by atoms with Gasteiger partial charge in [0, 0.05) is 23.5 Å². The maximum Gasteiger partial charge on any atom is 0.238 e. The number of hydrazine groups is 1. The molecule has 138 valence electrons. The molecule has 9 heteroatoms. The number of amides is 1. The van der Waals surface area contributed by atoms with E-state index in [1.807, 2.05) is 20.1 Å².